The van der Waals surface area contributed by atoms with Gasteiger partial charge >= 0.3 is 5.97 Å². The lowest BCUT2D eigenvalue weighted by atomic mass is 10.0. The zero-order valence-electron chi connectivity index (χ0n) is 13.8. The Bertz CT molecular complexity index is 762. The van der Waals surface area contributed by atoms with Crippen LogP contribution in [0.1, 0.15) is 63.3 Å². The van der Waals surface area contributed by atoms with Gasteiger partial charge in [-0.1, -0.05) is 13.0 Å². The molecule has 1 atom stereocenters. The van der Waals surface area contributed by atoms with Gasteiger partial charge in [-0.2, -0.15) is 0 Å². The highest BCUT2D eigenvalue weighted by Gasteiger charge is 2.25. The summed E-state index contributed by atoms with van der Waals surface area (Å²) in [6.45, 7) is 5.09. The third-order valence-corrected chi connectivity index (χ3v) is 4.78. The van der Waals surface area contributed by atoms with Gasteiger partial charge in [0.2, 0.25) is 0 Å². The molecular weight excluding hydrogens is 328 g/mol. The van der Waals surface area contributed by atoms with Crippen LogP contribution < -0.4 is 5.32 Å². The van der Waals surface area contributed by atoms with Gasteiger partial charge in [0.25, 0.3) is 5.91 Å². The fourth-order valence-electron chi connectivity index (χ4n) is 2.82. The number of nitrogens with one attached hydrogen (secondary N) is 2. The summed E-state index contributed by atoms with van der Waals surface area (Å²) in [5, 5.41) is 13.7. The van der Waals surface area contributed by atoms with Crippen LogP contribution in [0.25, 0.3) is 0 Å². The lowest BCUT2D eigenvalue weighted by molar-refractivity contribution is -0.137. The lowest BCUT2D eigenvalue weighted by Crippen LogP contribution is -2.30. The van der Waals surface area contributed by atoms with Crippen molar-refractivity contribution < 1.29 is 19.5 Å². The second kappa shape index (κ2) is 7.44. The molecule has 2 heterocycles. The third-order valence-electron chi connectivity index (χ3n) is 3.79. The van der Waals surface area contributed by atoms with Crippen LogP contribution in [0.3, 0.4) is 0 Å². The smallest absolute Gasteiger partial charge is 0.305 e. The number of carboxylic acid groups (broad SMARTS) is 1. The average Bonchev–Trinajstić information content (AvgIpc) is 3.12. The first-order chi connectivity index (χ1) is 11.3. The SMILES string of the molecule is CCc1c(C(=O)NC(CC(=O)O)c2cccs2)[nH]c(C)c1C(C)=O. The van der Waals surface area contributed by atoms with Crippen molar-refractivity contribution in [2.45, 2.75) is 39.7 Å². The maximum atomic E-state index is 12.7. The molecule has 1 unspecified atom stereocenters. The van der Waals surface area contributed by atoms with Crippen LogP contribution in [0.15, 0.2) is 17.5 Å². The Morgan fingerprint density at radius 1 is 1.38 bits per heavy atom. The molecule has 2 aromatic rings. The number of aliphatic carboxylic acids is 1. The third kappa shape index (κ3) is 3.73. The lowest BCUT2D eigenvalue weighted by Gasteiger charge is -2.15. The number of H-pyrrole nitrogens is 1. The number of Topliss-reactive ketones (excluding diaryl/α,β-unsaturated/α-hetero) is 1. The number of aromatic nitrogens is 1. The van der Waals surface area contributed by atoms with Crippen molar-refractivity contribution in [3.63, 3.8) is 0 Å². The van der Waals surface area contributed by atoms with E-state index in [0.717, 1.165) is 4.88 Å². The molecule has 128 valence electrons. The molecule has 0 radical (unpaired) electrons. The number of aryl methyl sites for hydroxylation is 1. The molecule has 0 saturated carbocycles. The van der Waals surface area contributed by atoms with Crippen LogP contribution in [0.4, 0.5) is 0 Å². The number of rotatable bonds is 7. The van der Waals surface area contributed by atoms with Crippen LogP contribution >= 0.6 is 11.3 Å². The molecule has 0 aromatic carbocycles. The molecule has 0 spiro atoms. The summed E-state index contributed by atoms with van der Waals surface area (Å²) in [7, 11) is 0. The van der Waals surface area contributed by atoms with E-state index >= 15 is 0 Å². The molecule has 0 aliphatic carbocycles. The van der Waals surface area contributed by atoms with Crippen LogP contribution in [-0.4, -0.2) is 27.8 Å². The zero-order chi connectivity index (χ0) is 17.9. The average molecular weight is 348 g/mol. The Kier molecular flexibility index (Phi) is 5.56. The van der Waals surface area contributed by atoms with E-state index in [2.05, 4.69) is 10.3 Å². The first-order valence-electron chi connectivity index (χ1n) is 7.63. The van der Waals surface area contributed by atoms with Crippen molar-refractivity contribution in [2.24, 2.45) is 0 Å². The standard InChI is InChI=1S/C17H20N2O4S/c1-4-11-15(10(3)20)9(2)18-16(11)17(23)19-12(8-14(21)22)13-6-5-7-24-13/h5-7,12,18H,4,8H2,1-3H3,(H,19,23)(H,21,22). The van der Waals surface area contributed by atoms with Crippen molar-refractivity contribution in [1.82, 2.24) is 10.3 Å². The molecule has 0 aliphatic rings. The van der Waals surface area contributed by atoms with Gasteiger partial charge in [-0.25, -0.2) is 0 Å². The fourth-order valence-corrected chi connectivity index (χ4v) is 3.60. The molecule has 0 saturated heterocycles. The maximum Gasteiger partial charge on any atom is 0.305 e. The molecule has 3 N–H and O–H groups in total. The normalized spacial score (nSPS) is 12.0. The molecule has 1 amide bonds. The predicted octanol–water partition coefficient (Wildman–Crippen LogP) is 3.10. The number of carbonyl (C=O) groups excluding carboxylic acids is 2. The number of carboxylic acids is 1. The number of hydrogen-bond acceptors (Lipinski definition) is 4. The van der Waals surface area contributed by atoms with Gasteiger partial charge < -0.3 is 15.4 Å². The molecule has 6 nitrogen and oxygen atoms in total. The van der Waals surface area contributed by atoms with Gasteiger partial charge in [-0.15, -0.1) is 11.3 Å². The number of thiophene rings is 1. The van der Waals surface area contributed by atoms with Gasteiger partial charge in [-0.3, -0.25) is 14.4 Å². The Morgan fingerprint density at radius 2 is 2.08 bits per heavy atom. The van der Waals surface area contributed by atoms with E-state index in [4.69, 9.17) is 5.11 Å². The number of hydrogen-bond donors (Lipinski definition) is 3. The van der Waals surface area contributed by atoms with E-state index in [1.54, 1.807) is 13.0 Å². The minimum atomic E-state index is -0.989. The maximum absolute atomic E-state index is 12.7. The van der Waals surface area contributed by atoms with Gasteiger partial charge in [0, 0.05) is 16.1 Å². The molecule has 0 bridgehead atoms. The molecule has 0 aliphatic heterocycles. The van der Waals surface area contributed by atoms with E-state index in [-0.39, 0.29) is 12.2 Å². The summed E-state index contributed by atoms with van der Waals surface area (Å²) in [5.41, 5.74) is 2.17. The van der Waals surface area contributed by atoms with Gasteiger partial charge in [-0.05, 0) is 37.3 Å². The Balaban J connectivity index is 2.32. The quantitative estimate of drug-likeness (QED) is 0.670. The number of carbonyl (C=O) groups is 3. The second-order valence-electron chi connectivity index (χ2n) is 5.53. The van der Waals surface area contributed by atoms with Crippen molar-refractivity contribution in [3.8, 4) is 0 Å². The van der Waals surface area contributed by atoms with Crippen molar-refractivity contribution >= 4 is 29.0 Å². The van der Waals surface area contributed by atoms with Crippen molar-refractivity contribution in [1.29, 1.82) is 0 Å². The number of ketones is 1. The van der Waals surface area contributed by atoms with Crippen molar-refractivity contribution in [3.05, 3.63) is 44.9 Å². The van der Waals surface area contributed by atoms with Crippen LogP contribution in [0.2, 0.25) is 0 Å². The summed E-state index contributed by atoms with van der Waals surface area (Å²) >= 11 is 1.39. The summed E-state index contributed by atoms with van der Waals surface area (Å²) < 4.78 is 0. The highest BCUT2D eigenvalue weighted by Crippen LogP contribution is 2.25. The van der Waals surface area contributed by atoms with E-state index in [0.29, 0.717) is 28.9 Å². The Morgan fingerprint density at radius 3 is 2.58 bits per heavy atom. The summed E-state index contributed by atoms with van der Waals surface area (Å²) in [6, 6.07) is 3.00. The van der Waals surface area contributed by atoms with Crippen LogP contribution in [-0.2, 0) is 11.2 Å². The second-order valence-corrected chi connectivity index (χ2v) is 6.51. The van der Waals surface area contributed by atoms with E-state index in [1.165, 1.54) is 18.3 Å². The molecule has 0 fully saturated rings. The minimum absolute atomic E-state index is 0.0972. The molecule has 2 aromatic heterocycles. The minimum Gasteiger partial charge on any atom is -0.481 e. The first-order valence-corrected chi connectivity index (χ1v) is 8.51. The van der Waals surface area contributed by atoms with E-state index < -0.39 is 17.9 Å². The van der Waals surface area contributed by atoms with Crippen LogP contribution in [0, 0.1) is 6.92 Å². The highest BCUT2D eigenvalue weighted by molar-refractivity contribution is 7.10. The highest BCUT2D eigenvalue weighted by atomic mass is 32.1. The molecule has 24 heavy (non-hydrogen) atoms. The monoisotopic (exact) mass is 348 g/mol. The van der Waals surface area contributed by atoms with E-state index in [9.17, 15) is 14.4 Å². The Labute approximate surface area is 143 Å². The van der Waals surface area contributed by atoms with Gasteiger partial charge in [0.1, 0.15) is 5.69 Å². The predicted molar refractivity (Wildman–Crippen MR) is 91.7 cm³/mol. The van der Waals surface area contributed by atoms with Crippen LogP contribution in [0.5, 0.6) is 0 Å². The van der Waals surface area contributed by atoms with Gasteiger partial charge in [0.15, 0.2) is 5.78 Å². The summed E-state index contributed by atoms with van der Waals surface area (Å²) in [4.78, 5) is 39.3. The molecular formula is C17H20N2O4S. The number of amides is 1. The summed E-state index contributed by atoms with van der Waals surface area (Å²) in [6.07, 6.45) is 0.331. The molecule has 2 rings (SSSR count). The topological polar surface area (TPSA) is 99.3 Å². The largest absolute Gasteiger partial charge is 0.481 e. The first kappa shape index (κ1) is 17.9. The van der Waals surface area contributed by atoms with Gasteiger partial charge in [0.05, 0.1) is 12.5 Å². The van der Waals surface area contributed by atoms with Crippen molar-refractivity contribution in [2.75, 3.05) is 0 Å². The Hall–Kier alpha value is -2.41. The summed E-state index contributed by atoms with van der Waals surface area (Å²) in [5.74, 6) is -1.49. The zero-order valence-corrected chi connectivity index (χ0v) is 14.6. The number of aromatic amines is 1. The fraction of sp³-hybridized carbons (Fsp3) is 0.353. The molecule has 7 heteroatoms. The van der Waals surface area contributed by atoms with E-state index in [1.807, 2.05) is 18.4 Å².